The number of fused-ring (bicyclic) bond motifs is 2. The first-order chi connectivity index (χ1) is 16.2. The molecule has 0 saturated carbocycles. The van der Waals surface area contributed by atoms with E-state index in [0.717, 1.165) is 33.5 Å². The van der Waals surface area contributed by atoms with E-state index in [9.17, 15) is 9.59 Å². The molecule has 166 valence electrons. The van der Waals surface area contributed by atoms with Gasteiger partial charge in [0.1, 0.15) is 11.8 Å². The number of aromatic nitrogens is 1. The molecule has 2 amide bonds. The molecule has 6 nitrogen and oxygen atoms in total. The highest BCUT2D eigenvalue weighted by Crippen LogP contribution is 2.33. The monoisotopic (exact) mass is 439 g/mol. The van der Waals surface area contributed by atoms with Gasteiger partial charge >= 0.3 is 0 Å². The number of hydrogen-bond donors (Lipinski definition) is 2. The van der Waals surface area contributed by atoms with Crippen molar-refractivity contribution in [3.63, 3.8) is 0 Å². The van der Waals surface area contributed by atoms with Gasteiger partial charge in [-0.2, -0.15) is 0 Å². The Morgan fingerprint density at radius 1 is 1.06 bits per heavy atom. The van der Waals surface area contributed by atoms with Crippen molar-refractivity contribution >= 4 is 28.4 Å². The summed E-state index contributed by atoms with van der Waals surface area (Å²) in [4.78, 5) is 31.4. The van der Waals surface area contributed by atoms with Crippen LogP contribution in [0.3, 0.4) is 0 Å². The Morgan fingerprint density at radius 2 is 1.85 bits per heavy atom. The lowest BCUT2D eigenvalue weighted by molar-refractivity contribution is -0.122. The minimum absolute atomic E-state index is 0.145. The molecule has 4 aromatic rings. The summed E-state index contributed by atoms with van der Waals surface area (Å²) in [7, 11) is 1.65. The molecule has 1 aromatic heterocycles. The highest BCUT2D eigenvalue weighted by atomic mass is 16.5. The van der Waals surface area contributed by atoms with E-state index in [1.165, 1.54) is 0 Å². The van der Waals surface area contributed by atoms with E-state index in [4.69, 9.17) is 4.74 Å². The number of methoxy groups -OCH3 is 1. The maximum Gasteiger partial charge on any atom is 0.259 e. The summed E-state index contributed by atoms with van der Waals surface area (Å²) in [6.45, 7) is 0.475. The summed E-state index contributed by atoms with van der Waals surface area (Å²) < 4.78 is 5.34. The van der Waals surface area contributed by atoms with Gasteiger partial charge in [-0.3, -0.25) is 14.5 Å². The lowest BCUT2D eigenvalue weighted by atomic mass is 10.1. The zero-order chi connectivity index (χ0) is 22.8. The Balaban J connectivity index is 1.32. The standard InChI is InChI=1S/C27H25N3O3/c1-33-21-11-12-23-22(16-21)20(17-29-23)13-14-28-26(31)25-15-19-9-5-6-10-24(19)30(25)27(32)18-7-3-2-4-8-18/h2-12,16-17,25,29H,13-15H2,1H3,(H,28,31). The maximum absolute atomic E-state index is 13.3. The van der Waals surface area contributed by atoms with Gasteiger partial charge < -0.3 is 15.0 Å². The van der Waals surface area contributed by atoms with Crippen LogP contribution in [0, 0.1) is 0 Å². The largest absolute Gasteiger partial charge is 0.497 e. The fourth-order valence-electron chi connectivity index (χ4n) is 4.50. The smallest absolute Gasteiger partial charge is 0.259 e. The van der Waals surface area contributed by atoms with E-state index in [0.29, 0.717) is 24.9 Å². The van der Waals surface area contributed by atoms with E-state index < -0.39 is 6.04 Å². The zero-order valence-electron chi connectivity index (χ0n) is 18.4. The summed E-state index contributed by atoms with van der Waals surface area (Å²) in [5.41, 5.74) is 4.51. The number of aromatic amines is 1. The third kappa shape index (κ3) is 3.96. The molecule has 0 saturated heterocycles. The topological polar surface area (TPSA) is 74.4 Å². The third-order valence-corrected chi connectivity index (χ3v) is 6.19. The molecule has 1 aliphatic heterocycles. The highest BCUT2D eigenvalue weighted by molar-refractivity contribution is 6.11. The zero-order valence-corrected chi connectivity index (χ0v) is 18.4. The molecule has 5 rings (SSSR count). The van der Waals surface area contributed by atoms with Gasteiger partial charge in [0.15, 0.2) is 0 Å². The van der Waals surface area contributed by atoms with Crippen LogP contribution in [-0.2, 0) is 17.6 Å². The first kappa shape index (κ1) is 20.8. The number of ether oxygens (including phenoxy) is 1. The Hall–Kier alpha value is -4.06. The number of hydrogen-bond acceptors (Lipinski definition) is 3. The molecular weight excluding hydrogens is 414 g/mol. The van der Waals surface area contributed by atoms with Gasteiger partial charge in [-0.1, -0.05) is 36.4 Å². The average Bonchev–Trinajstić information content (AvgIpc) is 3.45. The Labute approximate surface area is 192 Å². The normalized spacial score (nSPS) is 14.8. The van der Waals surface area contributed by atoms with Gasteiger partial charge in [0.05, 0.1) is 7.11 Å². The second-order valence-corrected chi connectivity index (χ2v) is 8.16. The molecule has 0 aliphatic carbocycles. The van der Waals surface area contributed by atoms with Crippen LogP contribution in [0.2, 0.25) is 0 Å². The van der Waals surface area contributed by atoms with Crippen molar-refractivity contribution in [2.45, 2.75) is 18.9 Å². The molecule has 33 heavy (non-hydrogen) atoms. The van der Waals surface area contributed by atoms with E-state index in [1.807, 2.05) is 66.9 Å². The summed E-state index contributed by atoms with van der Waals surface area (Å²) in [5, 5.41) is 4.13. The number of H-pyrrole nitrogens is 1. The number of rotatable bonds is 6. The summed E-state index contributed by atoms with van der Waals surface area (Å²) in [6, 6.07) is 22.2. The fourth-order valence-corrected chi connectivity index (χ4v) is 4.50. The van der Waals surface area contributed by atoms with Crippen LogP contribution in [0.4, 0.5) is 5.69 Å². The van der Waals surface area contributed by atoms with Crippen molar-refractivity contribution in [3.8, 4) is 5.75 Å². The number of carbonyl (C=O) groups is 2. The SMILES string of the molecule is COc1ccc2[nH]cc(CCNC(=O)C3Cc4ccccc4N3C(=O)c3ccccc3)c2c1. The van der Waals surface area contributed by atoms with Crippen molar-refractivity contribution in [2.75, 3.05) is 18.6 Å². The molecule has 1 aliphatic rings. The highest BCUT2D eigenvalue weighted by Gasteiger charge is 2.38. The predicted molar refractivity (Wildman–Crippen MR) is 129 cm³/mol. The number of para-hydroxylation sites is 1. The molecular formula is C27H25N3O3. The second-order valence-electron chi connectivity index (χ2n) is 8.16. The van der Waals surface area contributed by atoms with Gasteiger partial charge in [0.25, 0.3) is 5.91 Å². The van der Waals surface area contributed by atoms with Gasteiger partial charge in [0, 0.05) is 41.3 Å². The predicted octanol–water partition coefficient (Wildman–Crippen LogP) is 4.11. The maximum atomic E-state index is 13.3. The summed E-state index contributed by atoms with van der Waals surface area (Å²) >= 11 is 0. The fraction of sp³-hybridized carbons (Fsp3) is 0.185. The number of anilines is 1. The van der Waals surface area contributed by atoms with E-state index in [-0.39, 0.29) is 11.8 Å². The van der Waals surface area contributed by atoms with Crippen molar-refractivity contribution < 1.29 is 14.3 Å². The van der Waals surface area contributed by atoms with Crippen LogP contribution in [-0.4, -0.2) is 36.5 Å². The van der Waals surface area contributed by atoms with Crippen molar-refractivity contribution in [1.82, 2.24) is 10.3 Å². The van der Waals surface area contributed by atoms with Gasteiger partial charge in [-0.15, -0.1) is 0 Å². The van der Waals surface area contributed by atoms with Crippen LogP contribution in [0.5, 0.6) is 5.75 Å². The van der Waals surface area contributed by atoms with Gasteiger partial charge in [-0.25, -0.2) is 0 Å². The third-order valence-electron chi connectivity index (χ3n) is 6.19. The van der Waals surface area contributed by atoms with Crippen LogP contribution >= 0.6 is 0 Å². The molecule has 3 aromatic carbocycles. The van der Waals surface area contributed by atoms with E-state index >= 15 is 0 Å². The number of amides is 2. The van der Waals surface area contributed by atoms with Crippen molar-refractivity contribution in [3.05, 3.63) is 95.7 Å². The van der Waals surface area contributed by atoms with Crippen molar-refractivity contribution in [1.29, 1.82) is 0 Å². The molecule has 0 bridgehead atoms. The minimum Gasteiger partial charge on any atom is -0.497 e. The molecule has 1 atom stereocenters. The molecule has 0 spiro atoms. The van der Waals surface area contributed by atoms with Gasteiger partial charge in [0.2, 0.25) is 5.91 Å². The lowest BCUT2D eigenvalue weighted by Crippen LogP contribution is -2.48. The van der Waals surface area contributed by atoms with Crippen molar-refractivity contribution in [2.24, 2.45) is 0 Å². The Morgan fingerprint density at radius 3 is 2.67 bits per heavy atom. The van der Waals surface area contributed by atoms with Crippen LogP contribution in [0.15, 0.2) is 79.0 Å². The molecule has 2 heterocycles. The number of carbonyl (C=O) groups excluding carboxylic acids is 2. The average molecular weight is 440 g/mol. The Bertz CT molecular complexity index is 1310. The first-order valence-corrected chi connectivity index (χ1v) is 11.0. The second kappa shape index (κ2) is 8.82. The van der Waals surface area contributed by atoms with E-state index in [2.05, 4.69) is 10.3 Å². The summed E-state index contributed by atoms with van der Waals surface area (Å²) in [6.07, 6.45) is 3.14. The Kier molecular flexibility index (Phi) is 5.57. The molecule has 6 heteroatoms. The number of nitrogens with zero attached hydrogens (tertiary/aromatic N) is 1. The quantitative estimate of drug-likeness (QED) is 0.475. The molecule has 0 radical (unpaired) electrons. The lowest BCUT2D eigenvalue weighted by Gasteiger charge is -2.25. The molecule has 0 fully saturated rings. The summed E-state index contributed by atoms with van der Waals surface area (Å²) in [5.74, 6) is 0.489. The van der Waals surface area contributed by atoms with Crippen LogP contribution in [0.25, 0.3) is 10.9 Å². The van der Waals surface area contributed by atoms with Gasteiger partial charge in [-0.05, 0) is 53.9 Å². The van der Waals surface area contributed by atoms with Crippen LogP contribution in [0.1, 0.15) is 21.5 Å². The molecule has 2 N–H and O–H groups in total. The van der Waals surface area contributed by atoms with E-state index in [1.54, 1.807) is 24.1 Å². The number of nitrogens with one attached hydrogen (secondary N) is 2. The minimum atomic E-state index is -0.571. The first-order valence-electron chi connectivity index (χ1n) is 11.0. The van der Waals surface area contributed by atoms with Crippen LogP contribution < -0.4 is 15.0 Å². The number of benzene rings is 3. The molecule has 1 unspecified atom stereocenters.